The van der Waals surface area contributed by atoms with E-state index in [9.17, 15) is 0 Å². The number of halogens is 3. The zero-order valence-corrected chi connectivity index (χ0v) is 10.2. The Morgan fingerprint density at radius 1 is 1.55 bits per heavy atom. The maximum Gasteiger partial charge on any atom is 0.138 e. The fourth-order valence-corrected chi connectivity index (χ4v) is 1.82. The second-order valence-corrected chi connectivity index (χ2v) is 4.32. The number of benzene rings is 1. The average Bonchev–Trinajstić information content (AvgIpc) is 1.97. The van der Waals surface area contributed by atoms with Crippen LogP contribution in [0.5, 0.6) is 5.75 Å². The van der Waals surface area contributed by atoms with E-state index >= 15 is 0 Å². The van der Waals surface area contributed by atoms with Gasteiger partial charge in [0.1, 0.15) is 5.75 Å². The molecule has 11 heavy (non-hydrogen) atoms. The molecule has 0 amide bonds. The molecule has 0 spiro atoms. The Morgan fingerprint density at radius 3 is 2.73 bits per heavy atom. The highest BCUT2D eigenvalue weighted by molar-refractivity contribution is 14.1. The predicted octanol–water partition coefficient (Wildman–Crippen LogP) is 3.72. The van der Waals surface area contributed by atoms with Crippen LogP contribution in [0.3, 0.4) is 0 Å². The molecule has 1 aromatic rings. The lowest BCUT2D eigenvalue weighted by atomic mass is 10.3. The van der Waals surface area contributed by atoms with E-state index in [0.717, 1.165) is 8.04 Å². The Kier molecular flexibility index (Phi) is 3.46. The van der Waals surface area contributed by atoms with E-state index in [1.807, 2.05) is 12.1 Å². The summed E-state index contributed by atoms with van der Waals surface area (Å²) < 4.78 is 7.10. The summed E-state index contributed by atoms with van der Waals surface area (Å²) in [4.78, 5) is 0. The highest BCUT2D eigenvalue weighted by Gasteiger charge is 2.03. The summed E-state index contributed by atoms with van der Waals surface area (Å²) in [5.74, 6) is 0.708. The summed E-state index contributed by atoms with van der Waals surface area (Å²) in [7, 11) is 1.60. The van der Waals surface area contributed by atoms with Gasteiger partial charge in [-0.3, -0.25) is 0 Å². The van der Waals surface area contributed by atoms with Gasteiger partial charge in [-0.15, -0.1) is 0 Å². The Hall–Kier alpha value is 0.520. The molecule has 0 fully saturated rings. The highest BCUT2D eigenvalue weighted by atomic mass is 127. The lowest BCUT2D eigenvalue weighted by molar-refractivity contribution is 0.414. The molecule has 0 radical (unpaired) electrons. The van der Waals surface area contributed by atoms with E-state index in [1.54, 1.807) is 7.11 Å². The molecule has 1 aromatic carbocycles. The first-order valence-electron chi connectivity index (χ1n) is 2.83. The second kappa shape index (κ2) is 3.96. The Balaban J connectivity index is 3.21. The van der Waals surface area contributed by atoms with Gasteiger partial charge in [0.25, 0.3) is 0 Å². The molecule has 0 saturated carbocycles. The molecule has 0 heterocycles. The van der Waals surface area contributed by atoms with Gasteiger partial charge in [0.05, 0.1) is 12.1 Å². The number of methoxy groups -OCH3 is 1. The predicted molar refractivity (Wildman–Crippen MR) is 58.4 cm³/mol. The lowest BCUT2D eigenvalue weighted by Crippen LogP contribution is -1.85. The van der Waals surface area contributed by atoms with E-state index in [1.165, 1.54) is 0 Å². The maximum absolute atomic E-state index is 5.84. The third-order valence-corrected chi connectivity index (χ3v) is 3.78. The van der Waals surface area contributed by atoms with E-state index < -0.39 is 0 Å². The van der Waals surface area contributed by atoms with Gasteiger partial charge in [0.2, 0.25) is 0 Å². The smallest absolute Gasteiger partial charge is 0.138 e. The zero-order chi connectivity index (χ0) is 8.43. The van der Waals surface area contributed by atoms with Crippen molar-refractivity contribution in [3.63, 3.8) is 0 Å². The molecule has 60 valence electrons. The lowest BCUT2D eigenvalue weighted by Gasteiger charge is -2.03. The first-order chi connectivity index (χ1) is 5.15. The van der Waals surface area contributed by atoms with Crippen LogP contribution in [0.1, 0.15) is 0 Å². The number of rotatable bonds is 1. The minimum atomic E-state index is 0.625. The maximum atomic E-state index is 5.84. The van der Waals surface area contributed by atoms with Gasteiger partial charge in [0.15, 0.2) is 0 Å². The first-order valence-corrected chi connectivity index (χ1v) is 5.08. The van der Waals surface area contributed by atoms with Crippen LogP contribution in [0.25, 0.3) is 0 Å². The van der Waals surface area contributed by atoms with Crippen LogP contribution in [0, 0.1) is 3.57 Å². The van der Waals surface area contributed by atoms with E-state index in [2.05, 4.69) is 38.5 Å². The van der Waals surface area contributed by atoms with E-state index in [4.69, 9.17) is 16.3 Å². The standard InChI is InChI=1S/C7H5BrClIO/c1-11-7-3-6(10)4(8)2-5(7)9/h2-3H,1H3. The van der Waals surface area contributed by atoms with Gasteiger partial charge < -0.3 is 4.74 Å². The Morgan fingerprint density at radius 2 is 2.18 bits per heavy atom. The van der Waals surface area contributed by atoms with Crippen LogP contribution >= 0.6 is 50.1 Å². The number of hydrogen-bond donors (Lipinski definition) is 0. The van der Waals surface area contributed by atoms with Crippen molar-refractivity contribution in [3.05, 3.63) is 25.2 Å². The Labute approximate surface area is 92.3 Å². The van der Waals surface area contributed by atoms with Crippen LogP contribution in [0.2, 0.25) is 5.02 Å². The van der Waals surface area contributed by atoms with Crippen LogP contribution < -0.4 is 4.74 Å². The molecule has 4 heteroatoms. The molecule has 0 aliphatic heterocycles. The van der Waals surface area contributed by atoms with Crippen molar-refractivity contribution in [1.29, 1.82) is 0 Å². The summed E-state index contributed by atoms with van der Waals surface area (Å²) >= 11 is 11.4. The highest BCUT2D eigenvalue weighted by Crippen LogP contribution is 2.31. The van der Waals surface area contributed by atoms with Crippen molar-refractivity contribution in [1.82, 2.24) is 0 Å². The summed E-state index contributed by atoms with van der Waals surface area (Å²) in [5, 5.41) is 0.625. The van der Waals surface area contributed by atoms with Crippen molar-refractivity contribution in [2.24, 2.45) is 0 Å². The zero-order valence-electron chi connectivity index (χ0n) is 5.70. The summed E-state index contributed by atoms with van der Waals surface area (Å²) in [6.45, 7) is 0. The second-order valence-electron chi connectivity index (χ2n) is 1.90. The van der Waals surface area contributed by atoms with Crippen LogP contribution in [0.4, 0.5) is 0 Å². The molecule has 0 unspecified atom stereocenters. The summed E-state index contributed by atoms with van der Waals surface area (Å²) in [6, 6.07) is 3.70. The SMILES string of the molecule is COc1cc(I)c(Br)cc1Cl. The van der Waals surface area contributed by atoms with Gasteiger partial charge in [-0.25, -0.2) is 0 Å². The molecule has 0 aromatic heterocycles. The van der Waals surface area contributed by atoms with Crippen molar-refractivity contribution < 1.29 is 4.74 Å². The van der Waals surface area contributed by atoms with Crippen LogP contribution in [-0.4, -0.2) is 7.11 Å². The third-order valence-electron chi connectivity index (χ3n) is 1.19. The molecule has 1 rings (SSSR count). The summed E-state index contributed by atoms with van der Waals surface area (Å²) in [6.07, 6.45) is 0. The van der Waals surface area contributed by atoms with E-state index in [-0.39, 0.29) is 0 Å². The van der Waals surface area contributed by atoms with Crippen molar-refractivity contribution in [3.8, 4) is 5.75 Å². The topological polar surface area (TPSA) is 9.23 Å². The molecule has 0 saturated heterocycles. The van der Waals surface area contributed by atoms with E-state index in [0.29, 0.717) is 10.8 Å². The molecule has 0 aliphatic carbocycles. The van der Waals surface area contributed by atoms with Gasteiger partial charge >= 0.3 is 0 Å². The van der Waals surface area contributed by atoms with Gasteiger partial charge in [-0.2, -0.15) is 0 Å². The summed E-state index contributed by atoms with van der Waals surface area (Å²) in [5.41, 5.74) is 0. The molecule has 0 N–H and O–H groups in total. The monoisotopic (exact) mass is 346 g/mol. The first kappa shape index (κ1) is 9.61. The fourth-order valence-electron chi connectivity index (χ4n) is 0.661. The molecule has 0 bridgehead atoms. The number of ether oxygens (including phenoxy) is 1. The van der Waals surface area contributed by atoms with Crippen molar-refractivity contribution in [2.75, 3.05) is 7.11 Å². The molecule has 1 nitrogen and oxygen atoms in total. The molecular formula is C7H5BrClIO. The Bertz CT molecular complexity index is 277. The van der Waals surface area contributed by atoms with Gasteiger partial charge in [0, 0.05) is 8.04 Å². The minimum Gasteiger partial charge on any atom is -0.495 e. The molecule has 0 aliphatic rings. The van der Waals surface area contributed by atoms with Gasteiger partial charge in [-0.05, 0) is 50.7 Å². The quantitative estimate of drug-likeness (QED) is 0.556. The van der Waals surface area contributed by atoms with Gasteiger partial charge in [-0.1, -0.05) is 11.6 Å². The number of hydrogen-bond acceptors (Lipinski definition) is 1. The normalized spacial score (nSPS) is 9.82. The fraction of sp³-hybridized carbons (Fsp3) is 0.143. The molecule has 0 atom stereocenters. The minimum absolute atomic E-state index is 0.625. The van der Waals surface area contributed by atoms with Crippen molar-refractivity contribution in [2.45, 2.75) is 0 Å². The van der Waals surface area contributed by atoms with Crippen molar-refractivity contribution >= 4 is 50.1 Å². The van der Waals surface area contributed by atoms with Crippen LogP contribution in [0.15, 0.2) is 16.6 Å². The third kappa shape index (κ3) is 2.23. The molecular weight excluding hydrogens is 342 g/mol. The van der Waals surface area contributed by atoms with Crippen LogP contribution in [-0.2, 0) is 0 Å². The average molecular weight is 347 g/mol. The largest absolute Gasteiger partial charge is 0.495 e.